The van der Waals surface area contributed by atoms with Crippen LogP contribution in [-0.4, -0.2) is 0 Å². The van der Waals surface area contributed by atoms with E-state index in [4.69, 9.17) is 0 Å². The Kier molecular flexibility index (Phi) is 11.2. The number of rotatable bonds is 9. The van der Waals surface area contributed by atoms with Crippen LogP contribution in [0.2, 0.25) is 0 Å². The largest absolute Gasteiger partial charge is 0.310 e. The van der Waals surface area contributed by atoms with Crippen molar-refractivity contribution in [3.8, 4) is 55.6 Å². The molecule has 0 saturated carbocycles. The highest BCUT2D eigenvalue weighted by Crippen LogP contribution is 2.42. The van der Waals surface area contributed by atoms with Crippen LogP contribution < -0.4 is 4.90 Å². The summed E-state index contributed by atoms with van der Waals surface area (Å²) in [6.07, 6.45) is 9.05. The first-order valence-electron chi connectivity index (χ1n) is 20.5. The Morgan fingerprint density at radius 3 is 1.08 bits per heavy atom. The van der Waals surface area contributed by atoms with Gasteiger partial charge in [-0.1, -0.05) is 212 Å². The molecule has 0 amide bonds. The lowest BCUT2D eigenvalue weighted by atomic mass is 9.91. The van der Waals surface area contributed by atoms with Crippen LogP contribution >= 0.6 is 0 Å². The van der Waals surface area contributed by atoms with E-state index in [1.165, 1.54) is 61.2 Å². The van der Waals surface area contributed by atoms with E-state index >= 15 is 0 Å². The van der Waals surface area contributed by atoms with Crippen LogP contribution in [-0.2, 0) is 0 Å². The first kappa shape index (κ1) is 37.1. The Hall–Kier alpha value is -7.48. The smallest absolute Gasteiger partial charge is 0.0468 e. The van der Waals surface area contributed by atoms with E-state index in [2.05, 4.69) is 235 Å². The Morgan fingerprint density at radius 2 is 0.627 bits per heavy atom. The van der Waals surface area contributed by atoms with Gasteiger partial charge >= 0.3 is 0 Å². The van der Waals surface area contributed by atoms with Crippen molar-refractivity contribution in [2.45, 2.75) is 12.8 Å². The summed E-state index contributed by atoms with van der Waals surface area (Å²) in [5.74, 6) is 0. The molecule has 59 heavy (non-hydrogen) atoms. The van der Waals surface area contributed by atoms with Crippen molar-refractivity contribution in [1.29, 1.82) is 0 Å². The summed E-state index contributed by atoms with van der Waals surface area (Å²) >= 11 is 0. The first-order valence-corrected chi connectivity index (χ1v) is 20.5. The highest BCUT2D eigenvalue weighted by Gasteiger charge is 2.18. The van der Waals surface area contributed by atoms with E-state index in [0.29, 0.717) is 0 Å². The Bertz CT molecular complexity index is 2740. The van der Waals surface area contributed by atoms with Crippen molar-refractivity contribution in [3.05, 3.63) is 254 Å². The summed E-state index contributed by atoms with van der Waals surface area (Å²) in [7, 11) is 0. The van der Waals surface area contributed by atoms with Gasteiger partial charge in [0.05, 0.1) is 0 Å². The molecule has 0 radical (unpaired) electrons. The molecule has 1 nitrogen and oxygen atoms in total. The van der Waals surface area contributed by atoms with Crippen molar-refractivity contribution in [2.75, 3.05) is 4.90 Å². The minimum absolute atomic E-state index is 1.08. The topological polar surface area (TPSA) is 3.24 Å². The standard InChI is InChI=1S/C58H45N/c1-2-4-9-17-44(18-10-5-3-1)48-25-29-52(30-26-48)57-42-41-56(43-58(57)53-31-27-49(28-32-53)45-19-11-6-12-20-45)59(54-37-33-50(34-38-54)46-21-13-7-14-22-46)55-39-35-51(36-40-55)47-23-15-8-16-24-47/h1-7,9-15,17-43H,8,16H2. The van der Waals surface area contributed by atoms with Crippen LogP contribution in [0.1, 0.15) is 18.4 Å². The molecule has 0 saturated heterocycles. The number of allylic oxidation sites excluding steroid dienone is 4. The molecule has 0 bridgehead atoms. The molecule has 9 rings (SSSR count). The van der Waals surface area contributed by atoms with Crippen LogP contribution in [0.15, 0.2) is 249 Å². The molecule has 0 atom stereocenters. The maximum absolute atomic E-state index is 2.38. The zero-order chi connectivity index (χ0) is 39.6. The average Bonchev–Trinajstić information content (AvgIpc) is 3.32. The molecule has 0 aliphatic heterocycles. The fourth-order valence-electron chi connectivity index (χ4n) is 7.88. The Morgan fingerprint density at radius 1 is 0.271 bits per heavy atom. The summed E-state index contributed by atoms with van der Waals surface area (Å²) in [6, 6.07) is 82.9. The van der Waals surface area contributed by atoms with Gasteiger partial charge < -0.3 is 4.90 Å². The Balaban J connectivity index is 1.16. The number of nitrogens with zero attached hydrogens (tertiary/aromatic N) is 1. The number of benzene rings is 7. The molecule has 0 aromatic heterocycles. The van der Waals surface area contributed by atoms with Gasteiger partial charge in [0.15, 0.2) is 0 Å². The van der Waals surface area contributed by atoms with Gasteiger partial charge in [0.25, 0.3) is 0 Å². The normalized spacial score (nSPS) is 12.0. The van der Waals surface area contributed by atoms with E-state index in [-0.39, 0.29) is 0 Å². The summed E-state index contributed by atoms with van der Waals surface area (Å²) in [6.45, 7) is 0. The second kappa shape index (κ2) is 17.8. The van der Waals surface area contributed by atoms with Crippen molar-refractivity contribution in [1.82, 2.24) is 0 Å². The zero-order valence-electron chi connectivity index (χ0n) is 33.0. The first-order chi connectivity index (χ1) is 29.3. The monoisotopic (exact) mass is 755 g/mol. The molecule has 0 unspecified atom stereocenters. The van der Waals surface area contributed by atoms with Gasteiger partial charge in [-0.3, -0.25) is 0 Å². The molecule has 1 aliphatic rings. The lowest BCUT2D eigenvalue weighted by molar-refractivity contribution is 1.04. The number of hydrogen-bond donors (Lipinski definition) is 0. The van der Waals surface area contributed by atoms with Crippen LogP contribution in [0.25, 0.3) is 61.2 Å². The second-order valence-corrected chi connectivity index (χ2v) is 14.8. The van der Waals surface area contributed by atoms with Crippen LogP contribution in [0, 0.1) is 0 Å². The third-order valence-electron chi connectivity index (χ3n) is 11.0. The van der Waals surface area contributed by atoms with E-state index in [1.807, 2.05) is 18.2 Å². The van der Waals surface area contributed by atoms with Gasteiger partial charge in [-0.15, -0.1) is 0 Å². The van der Waals surface area contributed by atoms with Crippen LogP contribution in [0.4, 0.5) is 17.1 Å². The van der Waals surface area contributed by atoms with Gasteiger partial charge in [0.2, 0.25) is 0 Å². The molecule has 0 spiro atoms. The molecule has 8 aromatic rings. The summed E-state index contributed by atoms with van der Waals surface area (Å²) in [5, 5.41) is 0. The molecular formula is C58H45N. The minimum Gasteiger partial charge on any atom is -0.310 e. The highest BCUT2D eigenvalue weighted by atomic mass is 15.1. The third kappa shape index (κ3) is 8.61. The SMILES string of the molecule is C1=CC(c2ccc(N(c3ccc(-c4ccccc4)cc3)c3ccc(-c4ccc(-c5ccccccccc5)cc4)c(-c4ccc(-c5ccccc5)cc4)c3)cc2)=CCC1. The molecule has 8 aromatic carbocycles. The van der Waals surface area contributed by atoms with Gasteiger partial charge in [0.1, 0.15) is 0 Å². The van der Waals surface area contributed by atoms with Crippen molar-refractivity contribution >= 4 is 22.6 Å². The van der Waals surface area contributed by atoms with Crippen molar-refractivity contribution < 1.29 is 0 Å². The highest BCUT2D eigenvalue weighted by molar-refractivity contribution is 5.90. The molecule has 282 valence electrons. The van der Waals surface area contributed by atoms with E-state index in [1.54, 1.807) is 0 Å². The minimum atomic E-state index is 1.08. The second-order valence-electron chi connectivity index (χ2n) is 14.8. The van der Waals surface area contributed by atoms with Crippen LogP contribution in [0.3, 0.4) is 0 Å². The summed E-state index contributed by atoms with van der Waals surface area (Å²) in [5.41, 5.74) is 17.7. The maximum Gasteiger partial charge on any atom is 0.0468 e. The summed E-state index contributed by atoms with van der Waals surface area (Å²) < 4.78 is 0. The lowest BCUT2D eigenvalue weighted by Gasteiger charge is -2.27. The molecule has 1 heteroatoms. The Labute approximate surface area is 348 Å². The number of anilines is 3. The predicted molar refractivity (Wildman–Crippen MR) is 252 cm³/mol. The van der Waals surface area contributed by atoms with Gasteiger partial charge in [-0.25, -0.2) is 0 Å². The van der Waals surface area contributed by atoms with Gasteiger partial charge in [0, 0.05) is 17.1 Å². The lowest BCUT2D eigenvalue weighted by Crippen LogP contribution is -2.10. The quantitative estimate of drug-likeness (QED) is 0.142. The molecule has 0 fully saturated rings. The summed E-state index contributed by atoms with van der Waals surface area (Å²) in [4.78, 5) is 2.38. The number of hydrogen-bond acceptors (Lipinski definition) is 1. The maximum atomic E-state index is 2.38. The molecular weight excluding hydrogens is 711 g/mol. The van der Waals surface area contributed by atoms with Crippen molar-refractivity contribution in [2.24, 2.45) is 0 Å². The molecule has 0 heterocycles. The average molecular weight is 756 g/mol. The van der Waals surface area contributed by atoms with Crippen molar-refractivity contribution in [3.63, 3.8) is 0 Å². The predicted octanol–water partition coefficient (Wildman–Crippen LogP) is 16.3. The fraction of sp³-hybridized carbons (Fsp3) is 0.0345. The molecule has 0 N–H and O–H groups in total. The van der Waals surface area contributed by atoms with E-state index in [9.17, 15) is 0 Å². The fourth-order valence-corrected chi connectivity index (χ4v) is 7.88. The zero-order valence-corrected chi connectivity index (χ0v) is 33.0. The van der Waals surface area contributed by atoms with Gasteiger partial charge in [-0.2, -0.15) is 0 Å². The molecule has 1 aliphatic carbocycles. The van der Waals surface area contributed by atoms with E-state index in [0.717, 1.165) is 35.5 Å². The van der Waals surface area contributed by atoms with E-state index < -0.39 is 0 Å². The van der Waals surface area contributed by atoms with Crippen LogP contribution in [0.5, 0.6) is 0 Å². The van der Waals surface area contributed by atoms with Gasteiger partial charge in [-0.05, 0) is 116 Å². The third-order valence-corrected chi connectivity index (χ3v) is 11.0.